The van der Waals surface area contributed by atoms with E-state index in [2.05, 4.69) is 69.1 Å². The van der Waals surface area contributed by atoms with Crippen molar-refractivity contribution in [2.75, 3.05) is 13.7 Å². The molecule has 2 amide bonds. The summed E-state index contributed by atoms with van der Waals surface area (Å²) in [6.45, 7) is 4.50. The molecule has 0 radical (unpaired) electrons. The molecular weight excluding hydrogens is 667 g/mol. The maximum absolute atomic E-state index is 13.9. The number of imidazole rings is 2. The number of aliphatic hydroxyl groups is 1. The smallest absolute Gasteiger partial charge is 0.407 e. The van der Waals surface area contributed by atoms with E-state index in [1.807, 2.05) is 31.0 Å². The lowest BCUT2D eigenvalue weighted by atomic mass is 9.98. The molecule has 2 saturated heterocycles. The highest BCUT2D eigenvalue weighted by Crippen LogP contribution is 2.58. The minimum absolute atomic E-state index is 0.106. The molecule has 6 atom stereocenters. The van der Waals surface area contributed by atoms with Crippen LogP contribution in [0, 0.1) is 17.3 Å². The molecule has 4 fully saturated rings. The third-order valence-electron chi connectivity index (χ3n) is 12.8. The number of carbonyl (C=O) groups is 2. The Morgan fingerprint density at radius 1 is 0.962 bits per heavy atom. The van der Waals surface area contributed by atoms with Crippen molar-refractivity contribution in [1.82, 2.24) is 35.5 Å². The summed E-state index contributed by atoms with van der Waals surface area (Å²) in [5, 5.41) is 18.2. The third kappa shape index (κ3) is 5.38. The van der Waals surface area contributed by atoms with Gasteiger partial charge in [-0.25, -0.2) is 14.8 Å². The van der Waals surface area contributed by atoms with Crippen molar-refractivity contribution in [3.8, 4) is 33.5 Å². The number of amides is 2. The quantitative estimate of drug-likeness (QED) is 0.123. The molecule has 4 heterocycles. The van der Waals surface area contributed by atoms with E-state index < -0.39 is 18.2 Å². The molecule has 3 aromatic carbocycles. The first-order valence-electron chi connectivity index (χ1n) is 19.1. The minimum atomic E-state index is -0.768. The third-order valence-corrected chi connectivity index (χ3v) is 12.8. The Balaban J connectivity index is 0.896. The van der Waals surface area contributed by atoms with Gasteiger partial charge in [-0.3, -0.25) is 4.79 Å². The summed E-state index contributed by atoms with van der Waals surface area (Å²) < 4.78 is 4.82. The number of rotatable bonds is 7. The van der Waals surface area contributed by atoms with Gasteiger partial charge in [0, 0.05) is 24.3 Å². The number of hydrogen-bond acceptors (Lipinski definition) is 7. The number of carbonyl (C=O) groups excluding carboxylic acids is 2. The number of nitrogens with zero attached hydrogens (tertiary/aromatic N) is 3. The number of methoxy groups -OCH3 is 1. The highest BCUT2D eigenvalue weighted by atomic mass is 16.5. The molecule has 2 aliphatic heterocycles. The van der Waals surface area contributed by atoms with E-state index >= 15 is 0 Å². The van der Waals surface area contributed by atoms with E-state index in [0.29, 0.717) is 24.5 Å². The second-order valence-corrected chi connectivity index (χ2v) is 16.5. The Labute approximate surface area is 308 Å². The molecule has 2 bridgehead atoms. The van der Waals surface area contributed by atoms with Crippen molar-refractivity contribution >= 4 is 23.0 Å². The first-order valence-corrected chi connectivity index (χ1v) is 19.1. The van der Waals surface area contributed by atoms with Crippen LogP contribution in [0.4, 0.5) is 4.79 Å². The number of hydrogen-bond donors (Lipinski definition) is 5. The summed E-state index contributed by atoms with van der Waals surface area (Å²) >= 11 is 0. The van der Waals surface area contributed by atoms with Crippen LogP contribution in [-0.2, 0) is 9.53 Å². The van der Waals surface area contributed by atoms with Crippen molar-refractivity contribution in [3.63, 3.8) is 0 Å². The molecule has 3 aliphatic carbocycles. The Morgan fingerprint density at radius 2 is 1.70 bits per heavy atom. The zero-order chi connectivity index (χ0) is 36.2. The van der Waals surface area contributed by atoms with Crippen molar-refractivity contribution in [2.45, 2.75) is 82.6 Å². The summed E-state index contributed by atoms with van der Waals surface area (Å²) in [4.78, 5) is 44.9. The van der Waals surface area contributed by atoms with Crippen molar-refractivity contribution in [2.24, 2.45) is 17.3 Å². The Hall–Kier alpha value is -5.00. The summed E-state index contributed by atoms with van der Waals surface area (Å²) in [6.07, 6.45) is 7.30. The van der Waals surface area contributed by atoms with Gasteiger partial charge in [0.1, 0.15) is 23.8 Å². The lowest BCUT2D eigenvalue weighted by Crippen LogP contribution is -2.51. The standard InChI is InChI=1S/C42H45N7O4/c1-21(2)35(48-41(52)53-3)40(51)49-20-42(12-13-42)18-34(49)38-43-19-33(47-38)24-6-10-28-27-9-5-22(15-29(27)37(50)30(28)16-24)23-7-11-31-32(17-23)46-39(45-31)36-25-4-8-26(14-25)44-36/h5-7,9-11,15-17,19,21,25-26,34-37,44,50H,4,8,12-14,18,20H2,1-3H3,(H,43,47)(H,45,46)(H,48,52)/t25-,26+,34-,35-,36-,37?/m0/s1. The number of aromatic amines is 2. The predicted molar refractivity (Wildman–Crippen MR) is 201 cm³/mol. The first kappa shape index (κ1) is 32.6. The molecule has 11 heteroatoms. The average Bonchev–Trinajstić information content (AvgIpc) is 3.84. The monoisotopic (exact) mass is 711 g/mol. The van der Waals surface area contributed by atoms with Gasteiger partial charge in [-0.1, -0.05) is 44.2 Å². The van der Waals surface area contributed by atoms with Gasteiger partial charge >= 0.3 is 6.09 Å². The molecule has 272 valence electrons. The molecule has 2 saturated carbocycles. The summed E-state index contributed by atoms with van der Waals surface area (Å²) in [6, 6.07) is 18.9. The van der Waals surface area contributed by atoms with Crippen LogP contribution in [-0.4, -0.2) is 67.7 Å². The fourth-order valence-corrected chi connectivity index (χ4v) is 9.69. The number of nitrogens with one attached hydrogen (secondary N) is 4. The van der Waals surface area contributed by atoms with Gasteiger partial charge in [-0.2, -0.15) is 0 Å². The molecule has 53 heavy (non-hydrogen) atoms. The van der Waals surface area contributed by atoms with E-state index in [4.69, 9.17) is 14.7 Å². The van der Waals surface area contributed by atoms with Crippen LogP contribution in [0.2, 0.25) is 0 Å². The van der Waals surface area contributed by atoms with Crippen LogP contribution in [0.1, 0.15) is 93.3 Å². The topological polar surface area (TPSA) is 148 Å². The number of ether oxygens (including phenoxy) is 1. The lowest BCUT2D eigenvalue weighted by Gasteiger charge is -2.30. The SMILES string of the molecule is COC(=O)N[C@H](C(=O)N1CC2(CC2)C[C@H]1c1nc(-c2ccc3c(c2)C(O)c2cc(-c4ccc5[nH]c([C@H]6N[C@@H]7CC[C@H]6C7)nc5c4)ccc2-3)c[nH]1)C(C)C. The number of piperidine rings is 1. The molecule has 5 aromatic rings. The number of aliphatic hydroxyl groups excluding tert-OH is 1. The van der Waals surface area contributed by atoms with E-state index in [1.54, 1.807) is 0 Å². The Kier molecular flexibility index (Phi) is 7.40. The number of alkyl carbamates (subject to hydrolysis) is 1. The number of benzene rings is 3. The fraction of sp³-hybridized carbons (Fsp3) is 0.429. The largest absolute Gasteiger partial charge is 0.453 e. The number of aromatic nitrogens is 4. The molecular formula is C42H45N7O4. The van der Waals surface area contributed by atoms with Crippen LogP contribution in [0.25, 0.3) is 44.5 Å². The highest BCUT2D eigenvalue weighted by Gasteiger charge is 2.55. The lowest BCUT2D eigenvalue weighted by molar-refractivity contribution is -0.135. The van der Waals surface area contributed by atoms with Crippen molar-refractivity contribution < 1.29 is 19.4 Å². The number of fused-ring (bicyclic) bond motifs is 6. The molecule has 2 aromatic heterocycles. The van der Waals surface area contributed by atoms with Crippen molar-refractivity contribution in [1.29, 1.82) is 0 Å². The minimum Gasteiger partial charge on any atom is -0.453 e. The van der Waals surface area contributed by atoms with Gasteiger partial charge < -0.3 is 35.3 Å². The molecule has 11 nitrogen and oxygen atoms in total. The average molecular weight is 712 g/mol. The molecule has 5 N–H and O–H groups in total. The van der Waals surface area contributed by atoms with E-state index in [1.165, 1.54) is 26.4 Å². The molecule has 1 spiro atoms. The molecule has 1 unspecified atom stereocenters. The maximum atomic E-state index is 13.9. The molecule has 10 rings (SSSR count). The van der Waals surface area contributed by atoms with Crippen LogP contribution < -0.4 is 10.6 Å². The number of H-pyrrole nitrogens is 2. The maximum Gasteiger partial charge on any atom is 0.407 e. The fourth-order valence-electron chi connectivity index (χ4n) is 9.69. The van der Waals surface area contributed by atoms with Crippen LogP contribution >= 0.6 is 0 Å². The van der Waals surface area contributed by atoms with E-state index in [9.17, 15) is 14.7 Å². The second kappa shape index (κ2) is 12.0. The second-order valence-electron chi connectivity index (χ2n) is 16.5. The van der Waals surface area contributed by atoms with Gasteiger partial charge in [-0.05, 0) is 113 Å². The van der Waals surface area contributed by atoms with Crippen LogP contribution in [0.15, 0.2) is 60.8 Å². The summed E-state index contributed by atoms with van der Waals surface area (Å²) in [7, 11) is 1.31. The number of likely N-dealkylation sites (tertiary alicyclic amines) is 1. The van der Waals surface area contributed by atoms with Gasteiger partial charge in [0.15, 0.2) is 0 Å². The van der Waals surface area contributed by atoms with E-state index in [-0.39, 0.29) is 23.3 Å². The van der Waals surface area contributed by atoms with Gasteiger partial charge in [0.25, 0.3) is 0 Å². The zero-order valence-electron chi connectivity index (χ0n) is 30.3. The normalized spacial score (nSPS) is 25.3. The van der Waals surface area contributed by atoms with Crippen molar-refractivity contribution in [3.05, 3.63) is 83.6 Å². The van der Waals surface area contributed by atoms with Crippen LogP contribution in [0.5, 0.6) is 0 Å². The highest BCUT2D eigenvalue weighted by molar-refractivity contribution is 5.87. The zero-order valence-corrected chi connectivity index (χ0v) is 30.3. The van der Waals surface area contributed by atoms with Gasteiger partial charge in [-0.15, -0.1) is 0 Å². The first-order chi connectivity index (χ1) is 25.7. The Bertz CT molecular complexity index is 2290. The molecule has 5 aliphatic rings. The predicted octanol–water partition coefficient (Wildman–Crippen LogP) is 6.93. The van der Waals surface area contributed by atoms with Gasteiger partial charge in [0.2, 0.25) is 5.91 Å². The summed E-state index contributed by atoms with van der Waals surface area (Å²) in [5.74, 6) is 2.22. The van der Waals surface area contributed by atoms with Crippen LogP contribution in [0.3, 0.4) is 0 Å². The van der Waals surface area contributed by atoms with Gasteiger partial charge in [0.05, 0.1) is 35.9 Å². The Morgan fingerprint density at radius 3 is 2.40 bits per heavy atom. The van der Waals surface area contributed by atoms with E-state index in [0.717, 1.165) is 86.6 Å². The summed E-state index contributed by atoms with van der Waals surface area (Å²) in [5.41, 5.74) is 9.69.